The van der Waals surface area contributed by atoms with Gasteiger partial charge in [0.25, 0.3) is 0 Å². The molecule has 1 aromatic heterocycles. The highest BCUT2D eigenvalue weighted by molar-refractivity contribution is 5.87. The monoisotopic (exact) mass is 258 g/mol. The Labute approximate surface area is 113 Å². The smallest absolute Gasteiger partial charge is 0.356 e. The molecule has 0 aliphatic carbocycles. The quantitative estimate of drug-likeness (QED) is 0.792. The van der Waals surface area contributed by atoms with Crippen molar-refractivity contribution in [2.75, 3.05) is 0 Å². The zero-order chi connectivity index (χ0) is 13.8. The van der Waals surface area contributed by atoms with Crippen LogP contribution in [0.2, 0.25) is 0 Å². The third-order valence-electron chi connectivity index (χ3n) is 2.92. The Hall–Kier alpha value is -2.10. The number of imidazole rings is 1. The molecule has 19 heavy (non-hydrogen) atoms. The maximum absolute atomic E-state index is 12.0. The second kappa shape index (κ2) is 5.69. The van der Waals surface area contributed by atoms with Gasteiger partial charge in [-0.25, -0.2) is 9.78 Å². The van der Waals surface area contributed by atoms with Gasteiger partial charge in [0.2, 0.25) is 0 Å². The maximum atomic E-state index is 12.0. The highest BCUT2D eigenvalue weighted by Gasteiger charge is 2.18. The number of hydrogen-bond donors (Lipinski definition) is 0. The lowest BCUT2D eigenvalue weighted by Gasteiger charge is -2.17. The Morgan fingerprint density at radius 3 is 2.53 bits per heavy atom. The number of esters is 1. The maximum Gasteiger partial charge on any atom is 0.356 e. The molecular weight excluding hydrogens is 240 g/mol. The van der Waals surface area contributed by atoms with Gasteiger partial charge in [-0.15, -0.1) is 0 Å². The zero-order valence-corrected chi connectivity index (χ0v) is 11.4. The van der Waals surface area contributed by atoms with Gasteiger partial charge in [-0.3, -0.25) is 0 Å². The third kappa shape index (κ3) is 3.02. The van der Waals surface area contributed by atoms with Gasteiger partial charge >= 0.3 is 5.97 Å². The summed E-state index contributed by atoms with van der Waals surface area (Å²) in [6.07, 6.45) is 3.07. The number of ether oxygens (including phenoxy) is 1. The van der Waals surface area contributed by atoms with Crippen molar-refractivity contribution in [1.29, 1.82) is 0 Å². The number of aromatic nitrogens is 2. The van der Waals surface area contributed by atoms with Crippen LogP contribution in [0.15, 0.2) is 42.9 Å². The third-order valence-corrected chi connectivity index (χ3v) is 2.92. The van der Waals surface area contributed by atoms with Crippen molar-refractivity contribution < 1.29 is 9.53 Å². The molecule has 1 heterocycles. The summed E-state index contributed by atoms with van der Waals surface area (Å²) >= 11 is 0. The lowest BCUT2D eigenvalue weighted by Crippen LogP contribution is -2.18. The minimum absolute atomic E-state index is 0.0402. The van der Waals surface area contributed by atoms with E-state index in [2.05, 4.69) is 4.98 Å². The van der Waals surface area contributed by atoms with Gasteiger partial charge < -0.3 is 9.30 Å². The Bertz CT molecular complexity index is 546. The van der Waals surface area contributed by atoms with E-state index in [0.29, 0.717) is 5.69 Å². The van der Waals surface area contributed by atoms with Crippen molar-refractivity contribution in [3.63, 3.8) is 0 Å². The molecule has 100 valence electrons. The number of hydrogen-bond acceptors (Lipinski definition) is 3. The SMILES string of the molecule is CC(C)OC(=O)c1cncn1[C@H](C)c1ccccc1. The number of carbonyl (C=O) groups excluding carboxylic acids is 1. The number of benzene rings is 1. The van der Waals surface area contributed by atoms with Gasteiger partial charge in [-0.2, -0.15) is 0 Å². The van der Waals surface area contributed by atoms with Crippen LogP contribution in [0.4, 0.5) is 0 Å². The summed E-state index contributed by atoms with van der Waals surface area (Å²) in [6, 6.07) is 10.0. The summed E-state index contributed by atoms with van der Waals surface area (Å²) < 4.78 is 7.05. The van der Waals surface area contributed by atoms with Crippen LogP contribution in [0, 0.1) is 0 Å². The van der Waals surface area contributed by atoms with Crippen molar-refractivity contribution in [1.82, 2.24) is 9.55 Å². The number of carbonyl (C=O) groups is 1. The second-order valence-electron chi connectivity index (χ2n) is 4.73. The van der Waals surface area contributed by atoms with E-state index >= 15 is 0 Å². The molecular formula is C15H18N2O2. The fraction of sp³-hybridized carbons (Fsp3) is 0.333. The standard InChI is InChI=1S/C15H18N2O2/c1-11(2)19-15(18)14-9-16-10-17(14)12(3)13-7-5-4-6-8-13/h4-12H,1-3H3/t12-/m1/s1. The predicted molar refractivity (Wildman–Crippen MR) is 73.0 cm³/mol. The lowest BCUT2D eigenvalue weighted by atomic mass is 10.1. The van der Waals surface area contributed by atoms with Crippen molar-refractivity contribution in [3.05, 3.63) is 54.1 Å². The molecule has 0 spiro atoms. The van der Waals surface area contributed by atoms with Gasteiger partial charge in [0.05, 0.1) is 24.7 Å². The molecule has 0 bridgehead atoms. The largest absolute Gasteiger partial charge is 0.458 e. The van der Waals surface area contributed by atoms with E-state index in [1.165, 1.54) is 0 Å². The van der Waals surface area contributed by atoms with Crippen LogP contribution >= 0.6 is 0 Å². The van der Waals surface area contributed by atoms with Crippen molar-refractivity contribution in [3.8, 4) is 0 Å². The van der Waals surface area contributed by atoms with Gasteiger partial charge in [0.1, 0.15) is 5.69 Å². The van der Waals surface area contributed by atoms with Crippen LogP contribution in [0.1, 0.15) is 42.9 Å². The summed E-state index contributed by atoms with van der Waals surface area (Å²) in [7, 11) is 0. The van der Waals surface area contributed by atoms with Crippen molar-refractivity contribution in [2.24, 2.45) is 0 Å². The van der Waals surface area contributed by atoms with Crippen molar-refractivity contribution >= 4 is 5.97 Å². The molecule has 4 heteroatoms. The molecule has 0 fully saturated rings. The molecule has 1 aromatic carbocycles. The molecule has 2 aromatic rings. The van der Waals surface area contributed by atoms with Crippen LogP contribution in [0.3, 0.4) is 0 Å². The summed E-state index contributed by atoms with van der Waals surface area (Å²) in [5, 5.41) is 0. The van der Waals surface area contributed by atoms with E-state index in [1.807, 2.05) is 55.7 Å². The fourth-order valence-electron chi connectivity index (χ4n) is 1.94. The van der Waals surface area contributed by atoms with Crippen molar-refractivity contribution in [2.45, 2.75) is 32.9 Å². The van der Waals surface area contributed by atoms with Gasteiger partial charge in [0, 0.05) is 0 Å². The first-order chi connectivity index (χ1) is 9.09. The Morgan fingerprint density at radius 2 is 1.89 bits per heavy atom. The second-order valence-corrected chi connectivity index (χ2v) is 4.73. The molecule has 0 aliphatic rings. The van der Waals surface area contributed by atoms with Crippen LogP contribution in [-0.2, 0) is 4.74 Å². The molecule has 0 N–H and O–H groups in total. The average Bonchev–Trinajstić information content (AvgIpc) is 2.87. The first-order valence-corrected chi connectivity index (χ1v) is 6.37. The topological polar surface area (TPSA) is 44.1 Å². The molecule has 4 nitrogen and oxygen atoms in total. The summed E-state index contributed by atoms with van der Waals surface area (Å²) in [6.45, 7) is 5.70. The van der Waals surface area contributed by atoms with Gasteiger partial charge in [-0.1, -0.05) is 30.3 Å². The summed E-state index contributed by atoms with van der Waals surface area (Å²) in [4.78, 5) is 16.0. The molecule has 0 saturated heterocycles. The van der Waals surface area contributed by atoms with E-state index in [-0.39, 0.29) is 18.1 Å². The Balaban J connectivity index is 2.27. The molecule has 0 unspecified atom stereocenters. The average molecular weight is 258 g/mol. The Kier molecular flexibility index (Phi) is 4.00. The normalized spacial score (nSPS) is 12.4. The molecule has 0 amide bonds. The van der Waals surface area contributed by atoms with Gasteiger partial charge in [0.15, 0.2) is 0 Å². The number of rotatable bonds is 4. The minimum atomic E-state index is -0.338. The van der Waals surface area contributed by atoms with Crippen LogP contribution < -0.4 is 0 Å². The predicted octanol–water partition coefficient (Wildman–Crippen LogP) is 3.06. The van der Waals surface area contributed by atoms with E-state index in [1.54, 1.807) is 12.5 Å². The van der Waals surface area contributed by atoms with E-state index in [4.69, 9.17) is 4.74 Å². The Morgan fingerprint density at radius 1 is 1.21 bits per heavy atom. The van der Waals surface area contributed by atoms with Crippen LogP contribution in [0.25, 0.3) is 0 Å². The molecule has 0 radical (unpaired) electrons. The molecule has 1 atom stereocenters. The molecule has 0 aliphatic heterocycles. The van der Waals surface area contributed by atoms with Crippen LogP contribution in [-0.4, -0.2) is 21.6 Å². The first-order valence-electron chi connectivity index (χ1n) is 6.37. The fourth-order valence-corrected chi connectivity index (χ4v) is 1.94. The summed E-state index contributed by atoms with van der Waals surface area (Å²) in [5.74, 6) is -0.338. The van der Waals surface area contributed by atoms with E-state index < -0.39 is 0 Å². The highest BCUT2D eigenvalue weighted by Crippen LogP contribution is 2.19. The van der Waals surface area contributed by atoms with Gasteiger partial charge in [-0.05, 0) is 26.3 Å². The molecule has 2 rings (SSSR count). The van der Waals surface area contributed by atoms with E-state index in [0.717, 1.165) is 5.56 Å². The highest BCUT2D eigenvalue weighted by atomic mass is 16.5. The van der Waals surface area contributed by atoms with Crippen LogP contribution in [0.5, 0.6) is 0 Å². The summed E-state index contributed by atoms with van der Waals surface area (Å²) in [5.41, 5.74) is 1.60. The molecule has 0 saturated carbocycles. The first kappa shape index (κ1) is 13.3. The lowest BCUT2D eigenvalue weighted by molar-refractivity contribution is 0.0364. The zero-order valence-electron chi connectivity index (χ0n) is 11.4. The minimum Gasteiger partial charge on any atom is -0.458 e. The number of nitrogens with zero attached hydrogens (tertiary/aromatic N) is 2. The van der Waals surface area contributed by atoms with E-state index in [9.17, 15) is 4.79 Å².